The van der Waals surface area contributed by atoms with Gasteiger partial charge in [0.2, 0.25) is 0 Å². The fourth-order valence-corrected chi connectivity index (χ4v) is 3.33. The molecular formula is C22H28N2O. The highest BCUT2D eigenvalue weighted by Crippen LogP contribution is 2.15. The van der Waals surface area contributed by atoms with E-state index in [1.54, 1.807) is 7.11 Å². The van der Waals surface area contributed by atoms with Crippen LogP contribution in [-0.4, -0.2) is 49.6 Å². The third-order valence-electron chi connectivity index (χ3n) is 4.72. The molecule has 0 amide bonds. The summed E-state index contributed by atoms with van der Waals surface area (Å²) in [6, 6.07) is 19.0. The number of benzene rings is 2. The van der Waals surface area contributed by atoms with Gasteiger partial charge in [-0.1, -0.05) is 54.1 Å². The van der Waals surface area contributed by atoms with Crippen molar-refractivity contribution in [3.8, 4) is 5.75 Å². The molecule has 1 saturated heterocycles. The Hall–Kier alpha value is -2.10. The molecule has 0 unspecified atom stereocenters. The number of rotatable bonds is 6. The first-order valence-corrected chi connectivity index (χ1v) is 9.03. The van der Waals surface area contributed by atoms with E-state index in [1.807, 2.05) is 12.1 Å². The van der Waals surface area contributed by atoms with E-state index in [0.717, 1.165) is 45.0 Å². The molecule has 0 aromatic heterocycles. The van der Waals surface area contributed by atoms with Crippen LogP contribution in [0.3, 0.4) is 0 Å². The summed E-state index contributed by atoms with van der Waals surface area (Å²) in [5.41, 5.74) is 4.07. The standard InChI is InChI=1S/C22H28N2O/c1-19(16-20-6-4-3-5-7-20)17-23-12-14-24(15-13-23)18-21-8-10-22(25-2)11-9-21/h3-11,16H,12-15,17-18H2,1-2H3/b19-16+. The van der Waals surface area contributed by atoms with Crippen molar-refractivity contribution in [3.63, 3.8) is 0 Å². The molecule has 0 bridgehead atoms. The van der Waals surface area contributed by atoms with E-state index in [9.17, 15) is 0 Å². The molecule has 0 saturated carbocycles. The van der Waals surface area contributed by atoms with Crippen LogP contribution < -0.4 is 4.74 Å². The van der Waals surface area contributed by atoms with E-state index in [1.165, 1.54) is 16.7 Å². The van der Waals surface area contributed by atoms with Crippen LogP contribution in [0, 0.1) is 0 Å². The van der Waals surface area contributed by atoms with Crippen LogP contribution in [0.5, 0.6) is 5.75 Å². The predicted octanol–water partition coefficient (Wildman–Crippen LogP) is 3.92. The number of methoxy groups -OCH3 is 1. The van der Waals surface area contributed by atoms with E-state index < -0.39 is 0 Å². The van der Waals surface area contributed by atoms with E-state index in [2.05, 4.69) is 65.3 Å². The van der Waals surface area contributed by atoms with Crippen LogP contribution in [0.2, 0.25) is 0 Å². The lowest BCUT2D eigenvalue weighted by Crippen LogP contribution is -2.46. The first-order chi connectivity index (χ1) is 12.2. The third-order valence-corrected chi connectivity index (χ3v) is 4.72. The Morgan fingerprint density at radius 2 is 1.56 bits per heavy atom. The molecule has 132 valence electrons. The first-order valence-electron chi connectivity index (χ1n) is 9.03. The summed E-state index contributed by atoms with van der Waals surface area (Å²) < 4.78 is 5.23. The van der Waals surface area contributed by atoms with Crippen molar-refractivity contribution < 1.29 is 4.74 Å². The van der Waals surface area contributed by atoms with Crippen molar-refractivity contribution in [1.29, 1.82) is 0 Å². The maximum absolute atomic E-state index is 5.23. The minimum atomic E-state index is 0.925. The van der Waals surface area contributed by atoms with Crippen molar-refractivity contribution in [2.24, 2.45) is 0 Å². The van der Waals surface area contributed by atoms with Crippen molar-refractivity contribution in [2.75, 3.05) is 39.8 Å². The molecule has 25 heavy (non-hydrogen) atoms. The molecule has 3 rings (SSSR count). The van der Waals surface area contributed by atoms with Gasteiger partial charge in [-0.2, -0.15) is 0 Å². The van der Waals surface area contributed by atoms with Gasteiger partial charge in [0.05, 0.1) is 7.11 Å². The van der Waals surface area contributed by atoms with E-state index in [0.29, 0.717) is 0 Å². The molecule has 3 heteroatoms. The largest absolute Gasteiger partial charge is 0.497 e. The molecule has 0 N–H and O–H groups in total. The van der Waals surface area contributed by atoms with E-state index in [-0.39, 0.29) is 0 Å². The Balaban J connectivity index is 1.46. The second kappa shape index (κ2) is 8.84. The molecule has 0 aliphatic carbocycles. The molecule has 0 atom stereocenters. The lowest BCUT2D eigenvalue weighted by atomic mass is 10.1. The third kappa shape index (κ3) is 5.45. The van der Waals surface area contributed by atoms with Gasteiger partial charge in [0.15, 0.2) is 0 Å². The van der Waals surface area contributed by atoms with Crippen LogP contribution in [0.4, 0.5) is 0 Å². The molecule has 3 nitrogen and oxygen atoms in total. The Morgan fingerprint density at radius 1 is 0.920 bits per heavy atom. The summed E-state index contributed by atoms with van der Waals surface area (Å²) in [5, 5.41) is 0. The summed E-state index contributed by atoms with van der Waals surface area (Å²) in [6.45, 7) is 8.85. The lowest BCUT2D eigenvalue weighted by Gasteiger charge is -2.35. The second-order valence-corrected chi connectivity index (χ2v) is 6.80. The highest BCUT2D eigenvalue weighted by molar-refractivity contribution is 5.52. The van der Waals surface area contributed by atoms with Gasteiger partial charge in [-0.05, 0) is 30.2 Å². The van der Waals surface area contributed by atoms with Gasteiger partial charge >= 0.3 is 0 Å². The minimum absolute atomic E-state index is 0.925. The van der Waals surface area contributed by atoms with Crippen LogP contribution in [0.15, 0.2) is 60.2 Å². The summed E-state index contributed by atoms with van der Waals surface area (Å²) in [6.07, 6.45) is 2.30. The highest BCUT2D eigenvalue weighted by atomic mass is 16.5. The zero-order chi connectivity index (χ0) is 17.5. The normalized spacial score (nSPS) is 16.8. The van der Waals surface area contributed by atoms with E-state index in [4.69, 9.17) is 4.74 Å². The number of hydrogen-bond acceptors (Lipinski definition) is 3. The van der Waals surface area contributed by atoms with Crippen LogP contribution in [-0.2, 0) is 6.54 Å². The Kier molecular flexibility index (Phi) is 6.26. The first kappa shape index (κ1) is 17.7. The Bertz CT molecular complexity index is 671. The van der Waals surface area contributed by atoms with Gasteiger partial charge in [-0.15, -0.1) is 0 Å². The quantitative estimate of drug-likeness (QED) is 0.795. The molecule has 1 aliphatic heterocycles. The molecule has 0 radical (unpaired) electrons. The smallest absolute Gasteiger partial charge is 0.118 e. The molecule has 1 aliphatic rings. The monoisotopic (exact) mass is 336 g/mol. The molecular weight excluding hydrogens is 308 g/mol. The van der Waals surface area contributed by atoms with Gasteiger partial charge in [0.25, 0.3) is 0 Å². The van der Waals surface area contributed by atoms with Gasteiger partial charge in [0.1, 0.15) is 5.75 Å². The average Bonchev–Trinajstić information content (AvgIpc) is 2.65. The number of piperazine rings is 1. The van der Waals surface area contributed by atoms with Gasteiger partial charge < -0.3 is 4.74 Å². The Labute approximate surface area is 151 Å². The topological polar surface area (TPSA) is 15.7 Å². The fraction of sp³-hybridized carbons (Fsp3) is 0.364. The average molecular weight is 336 g/mol. The zero-order valence-electron chi connectivity index (χ0n) is 15.3. The van der Waals surface area contributed by atoms with E-state index >= 15 is 0 Å². The summed E-state index contributed by atoms with van der Waals surface area (Å²) in [4.78, 5) is 5.09. The summed E-state index contributed by atoms with van der Waals surface area (Å²) >= 11 is 0. The second-order valence-electron chi connectivity index (χ2n) is 6.80. The fourth-order valence-electron chi connectivity index (χ4n) is 3.33. The maximum Gasteiger partial charge on any atom is 0.118 e. The zero-order valence-corrected chi connectivity index (χ0v) is 15.3. The van der Waals surface area contributed by atoms with Gasteiger partial charge in [-0.25, -0.2) is 0 Å². The highest BCUT2D eigenvalue weighted by Gasteiger charge is 2.17. The number of ether oxygens (including phenoxy) is 1. The summed E-state index contributed by atoms with van der Waals surface area (Å²) in [5.74, 6) is 0.925. The molecule has 2 aromatic rings. The Morgan fingerprint density at radius 3 is 2.20 bits per heavy atom. The SMILES string of the molecule is COc1ccc(CN2CCN(C/C(C)=C/c3ccccc3)CC2)cc1. The molecule has 2 aromatic carbocycles. The minimum Gasteiger partial charge on any atom is -0.497 e. The van der Waals surface area contributed by atoms with Gasteiger partial charge in [0, 0.05) is 39.3 Å². The van der Waals surface area contributed by atoms with Crippen molar-refractivity contribution >= 4 is 6.08 Å². The van der Waals surface area contributed by atoms with Crippen LogP contribution in [0.1, 0.15) is 18.1 Å². The van der Waals surface area contributed by atoms with Crippen molar-refractivity contribution in [1.82, 2.24) is 9.80 Å². The molecule has 1 fully saturated rings. The van der Waals surface area contributed by atoms with Gasteiger partial charge in [-0.3, -0.25) is 9.80 Å². The van der Waals surface area contributed by atoms with Crippen LogP contribution in [0.25, 0.3) is 6.08 Å². The molecule has 0 spiro atoms. The lowest BCUT2D eigenvalue weighted by molar-refractivity contribution is 0.135. The number of hydrogen-bond donors (Lipinski definition) is 0. The maximum atomic E-state index is 5.23. The van der Waals surface area contributed by atoms with Crippen LogP contribution >= 0.6 is 0 Å². The molecule has 1 heterocycles. The predicted molar refractivity (Wildman–Crippen MR) is 105 cm³/mol. The summed E-state index contributed by atoms with van der Waals surface area (Å²) in [7, 11) is 1.71. The van der Waals surface area contributed by atoms with Crippen molar-refractivity contribution in [3.05, 3.63) is 71.3 Å². The van der Waals surface area contributed by atoms with Crippen molar-refractivity contribution in [2.45, 2.75) is 13.5 Å². The number of nitrogens with zero attached hydrogens (tertiary/aromatic N) is 2.